The molecule has 2 aromatic carbocycles. The molecule has 1 heterocycles. The van der Waals surface area contributed by atoms with Gasteiger partial charge in [-0.1, -0.05) is 12.6 Å². The monoisotopic (exact) mass is 386 g/mol. The molecule has 0 saturated heterocycles. The second-order valence-electron chi connectivity index (χ2n) is 6.70. The number of aromatic nitrogens is 1. The molecule has 0 radical (unpaired) electrons. The molecule has 0 aliphatic rings. The molecule has 0 N–H and O–H groups in total. The van der Waals surface area contributed by atoms with Crippen LogP contribution in [0, 0.1) is 0 Å². The Labute approximate surface area is 170 Å². The molecule has 0 saturated carbocycles. The van der Waals surface area contributed by atoms with Crippen LogP contribution in [0.5, 0.6) is 5.75 Å². The summed E-state index contributed by atoms with van der Waals surface area (Å²) in [6, 6.07) is 16.9. The Morgan fingerprint density at radius 2 is 1.66 bits per heavy atom. The zero-order valence-corrected chi connectivity index (χ0v) is 16.7. The number of hydrogen-bond donors (Lipinski definition) is 0. The van der Waals surface area contributed by atoms with Crippen molar-refractivity contribution in [2.45, 2.75) is 6.92 Å². The first-order valence-electron chi connectivity index (χ1n) is 9.05. The SMILES string of the molecule is C=C(C)C(=O)Oc1ccc(-c2ccncc2)cc1N=Nc1ccc(N(C)C)cc1. The minimum atomic E-state index is -0.506. The van der Waals surface area contributed by atoms with Crippen LogP contribution in [0.1, 0.15) is 6.92 Å². The van der Waals surface area contributed by atoms with Crippen LogP contribution in [-0.2, 0) is 4.79 Å². The highest BCUT2D eigenvalue weighted by Gasteiger charge is 2.12. The smallest absolute Gasteiger partial charge is 0.338 e. The Morgan fingerprint density at radius 1 is 0.966 bits per heavy atom. The van der Waals surface area contributed by atoms with Gasteiger partial charge in [0.15, 0.2) is 5.75 Å². The fourth-order valence-corrected chi connectivity index (χ4v) is 2.52. The van der Waals surface area contributed by atoms with E-state index in [0.29, 0.717) is 22.7 Å². The van der Waals surface area contributed by atoms with Gasteiger partial charge in [0.05, 0.1) is 5.69 Å². The lowest BCUT2D eigenvalue weighted by Crippen LogP contribution is -2.08. The second-order valence-corrected chi connectivity index (χ2v) is 6.70. The predicted molar refractivity (Wildman–Crippen MR) is 115 cm³/mol. The number of rotatable bonds is 6. The number of carbonyl (C=O) groups is 1. The highest BCUT2D eigenvalue weighted by atomic mass is 16.5. The molecule has 3 rings (SSSR count). The highest BCUT2D eigenvalue weighted by molar-refractivity contribution is 5.89. The van der Waals surface area contributed by atoms with Gasteiger partial charge in [-0.15, -0.1) is 5.11 Å². The molecule has 0 unspecified atom stereocenters. The van der Waals surface area contributed by atoms with Gasteiger partial charge in [-0.3, -0.25) is 4.98 Å². The average molecular weight is 386 g/mol. The van der Waals surface area contributed by atoms with Crippen LogP contribution in [0.4, 0.5) is 17.1 Å². The quantitative estimate of drug-likeness (QED) is 0.235. The molecule has 0 aliphatic heterocycles. The maximum atomic E-state index is 12.0. The van der Waals surface area contributed by atoms with Gasteiger partial charge in [0.2, 0.25) is 0 Å². The van der Waals surface area contributed by atoms with E-state index >= 15 is 0 Å². The van der Waals surface area contributed by atoms with Crippen molar-refractivity contribution in [1.29, 1.82) is 0 Å². The highest BCUT2D eigenvalue weighted by Crippen LogP contribution is 2.34. The summed E-state index contributed by atoms with van der Waals surface area (Å²) in [5.74, 6) is -0.182. The maximum absolute atomic E-state index is 12.0. The summed E-state index contributed by atoms with van der Waals surface area (Å²) < 4.78 is 5.43. The number of azo groups is 1. The lowest BCUT2D eigenvalue weighted by molar-refractivity contribution is -0.130. The van der Waals surface area contributed by atoms with E-state index in [0.717, 1.165) is 16.8 Å². The first kappa shape index (κ1) is 19.9. The van der Waals surface area contributed by atoms with Gasteiger partial charge < -0.3 is 9.64 Å². The van der Waals surface area contributed by atoms with Crippen molar-refractivity contribution >= 4 is 23.0 Å². The normalized spacial score (nSPS) is 10.7. The fraction of sp³-hybridized carbons (Fsp3) is 0.130. The van der Waals surface area contributed by atoms with Crippen molar-refractivity contribution in [2.75, 3.05) is 19.0 Å². The average Bonchev–Trinajstić information content (AvgIpc) is 2.73. The first-order valence-corrected chi connectivity index (χ1v) is 9.05. The summed E-state index contributed by atoms with van der Waals surface area (Å²) in [6.45, 7) is 5.22. The fourth-order valence-electron chi connectivity index (χ4n) is 2.52. The minimum absolute atomic E-state index is 0.311. The molecule has 1 aromatic heterocycles. The van der Waals surface area contributed by atoms with E-state index in [-0.39, 0.29) is 0 Å². The van der Waals surface area contributed by atoms with Crippen molar-refractivity contribution < 1.29 is 9.53 Å². The third-order valence-corrected chi connectivity index (χ3v) is 4.16. The van der Waals surface area contributed by atoms with Crippen LogP contribution in [-0.4, -0.2) is 25.0 Å². The summed E-state index contributed by atoms with van der Waals surface area (Å²) in [7, 11) is 3.95. The number of pyridine rings is 1. The molecular formula is C23H22N4O2. The summed E-state index contributed by atoms with van der Waals surface area (Å²) in [4.78, 5) is 18.0. The molecule has 6 heteroatoms. The van der Waals surface area contributed by atoms with Crippen molar-refractivity contribution in [3.8, 4) is 16.9 Å². The predicted octanol–water partition coefficient (Wildman–Crippen LogP) is 5.71. The van der Waals surface area contributed by atoms with Crippen molar-refractivity contribution in [3.63, 3.8) is 0 Å². The molecule has 146 valence electrons. The second kappa shape index (κ2) is 8.93. The van der Waals surface area contributed by atoms with E-state index in [1.165, 1.54) is 0 Å². The molecule has 0 aliphatic carbocycles. The van der Waals surface area contributed by atoms with E-state index in [1.807, 2.05) is 67.5 Å². The zero-order valence-electron chi connectivity index (χ0n) is 16.7. The maximum Gasteiger partial charge on any atom is 0.338 e. The summed E-state index contributed by atoms with van der Waals surface area (Å²) >= 11 is 0. The van der Waals surface area contributed by atoms with E-state index in [4.69, 9.17) is 4.74 Å². The molecule has 0 amide bonds. The Morgan fingerprint density at radius 3 is 2.28 bits per heavy atom. The first-order chi connectivity index (χ1) is 13.9. The van der Waals surface area contributed by atoms with Crippen molar-refractivity contribution in [1.82, 2.24) is 4.98 Å². The van der Waals surface area contributed by atoms with Crippen LogP contribution >= 0.6 is 0 Å². The number of carbonyl (C=O) groups excluding carboxylic acids is 1. The third-order valence-electron chi connectivity index (χ3n) is 4.16. The summed E-state index contributed by atoms with van der Waals surface area (Å²) in [6.07, 6.45) is 3.44. The Kier molecular flexibility index (Phi) is 6.14. The van der Waals surface area contributed by atoms with Gasteiger partial charge in [0, 0.05) is 37.7 Å². The molecule has 0 atom stereocenters. The molecule has 0 fully saturated rings. The largest absolute Gasteiger partial charge is 0.421 e. The van der Waals surface area contributed by atoms with Gasteiger partial charge in [-0.25, -0.2) is 4.79 Å². The topological polar surface area (TPSA) is 67.1 Å². The summed E-state index contributed by atoms with van der Waals surface area (Å²) in [5, 5.41) is 8.64. The Balaban J connectivity index is 1.96. The number of nitrogens with zero attached hydrogens (tertiary/aromatic N) is 4. The minimum Gasteiger partial charge on any atom is -0.421 e. The standard InChI is InChI=1S/C23H22N4O2/c1-16(2)23(28)29-22-10-5-18(17-11-13-24-14-12-17)15-21(22)26-25-19-6-8-20(9-7-19)27(3)4/h5-15H,1H2,2-4H3. The van der Waals surface area contributed by atoms with Crippen LogP contribution in [0.3, 0.4) is 0 Å². The third kappa shape index (κ3) is 5.13. The molecule has 3 aromatic rings. The number of benzene rings is 2. The molecular weight excluding hydrogens is 364 g/mol. The summed E-state index contributed by atoms with van der Waals surface area (Å²) in [5.41, 5.74) is 4.42. The molecule has 6 nitrogen and oxygen atoms in total. The number of ether oxygens (including phenoxy) is 1. The zero-order chi connectivity index (χ0) is 20.8. The lowest BCUT2D eigenvalue weighted by atomic mass is 10.1. The van der Waals surface area contributed by atoms with Crippen LogP contribution in [0.15, 0.2) is 89.4 Å². The van der Waals surface area contributed by atoms with Gasteiger partial charge in [-0.05, 0) is 66.6 Å². The van der Waals surface area contributed by atoms with Crippen LogP contribution < -0.4 is 9.64 Å². The van der Waals surface area contributed by atoms with E-state index in [1.54, 1.807) is 25.4 Å². The molecule has 0 bridgehead atoms. The van der Waals surface area contributed by atoms with Crippen LogP contribution in [0.25, 0.3) is 11.1 Å². The number of anilines is 1. The number of hydrogen-bond acceptors (Lipinski definition) is 6. The van der Waals surface area contributed by atoms with E-state index in [9.17, 15) is 4.79 Å². The van der Waals surface area contributed by atoms with Gasteiger partial charge in [0.1, 0.15) is 5.69 Å². The van der Waals surface area contributed by atoms with E-state index in [2.05, 4.69) is 21.8 Å². The molecule has 29 heavy (non-hydrogen) atoms. The molecule has 0 spiro atoms. The van der Waals surface area contributed by atoms with Gasteiger partial charge in [0.25, 0.3) is 0 Å². The lowest BCUT2D eigenvalue weighted by Gasteiger charge is -2.11. The Bertz CT molecular complexity index is 1040. The van der Waals surface area contributed by atoms with Crippen molar-refractivity contribution in [3.05, 3.63) is 79.1 Å². The Hall–Kier alpha value is -3.80. The number of esters is 1. The van der Waals surface area contributed by atoms with E-state index < -0.39 is 5.97 Å². The van der Waals surface area contributed by atoms with Crippen LogP contribution in [0.2, 0.25) is 0 Å². The van der Waals surface area contributed by atoms with Gasteiger partial charge in [-0.2, -0.15) is 5.11 Å². The van der Waals surface area contributed by atoms with Crippen molar-refractivity contribution in [2.24, 2.45) is 10.2 Å². The van der Waals surface area contributed by atoms with Gasteiger partial charge >= 0.3 is 5.97 Å².